The average Bonchev–Trinajstić information content (AvgIpc) is 3.24. The number of hydrogen-bond donors (Lipinski definition) is 0. The van der Waals surface area contributed by atoms with Gasteiger partial charge in [-0.15, -0.1) is 0 Å². The van der Waals surface area contributed by atoms with Gasteiger partial charge in [-0.25, -0.2) is 9.97 Å². The highest BCUT2D eigenvalue weighted by Gasteiger charge is 2.19. The van der Waals surface area contributed by atoms with Crippen LogP contribution < -0.4 is 0 Å². The highest BCUT2D eigenvalue weighted by molar-refractivity contribution is 5.82. The van der Waals surface area contributed by atoms with E-state index < -0.39 is 0 Å². The highest BCUT2D eigenvalue weighted by Crippen LogP contribution is 2.38. The van der Waals surface area contributed by atoms with Gasteiger partial charge in [0.1, 0.15) is 0 Å². The fourth-order valence-electron chi connectivity index (χ4n) is 7.19. The summed E-state index contributed by atoms with van der Waals surface area (Å²) in [6.45, 7) is 0. The van der Waals surface area contributed by atoms with Gasteiger partial charge in [0.25, 0.3) is 0 Å². The van der Waals surface area contributed by atoms with Gasteiger partial charge in [0, 0.05) is 22.3 Å². The molecule has 0 aliphatic rings. The molecule has 0 atom stereocenters. The van der Waals surface area contributed by atoms with E-state index in [0.717, 1.165) is 70.7 Å². The summed E-state index contributed by atoms with van der Waals surface area (Å²) >= 11 is 0. The van der Waals surface area contributed by atoms with Gasteiger partial charge in [0.05, 0.1) is 22.8 Å². The van der Waals surface area contributed by atoms with E-state index in [1.807, 2.05) is 0 Å². The Bertz CT molecular complexity index is 2060. The minimum Gasteiger partial charge on any atom is -0.247 e. The van der Waals surface area contributed by atoms with Crippen molar-refractivity contribution >= 4 is 0 Å². The van der Waals surface area contributed by atoms with E-state index in [2.05, 4.69) is 194 Å². The van der Waals surface area contributed by atoms with Gasteiger partial charge in [0.2, 0.25) is 0 Å². The summed E-state index contributed by atoms with van der Waals surface area (Å²) in [6.07, 6.45) is 3.84. The van der Waals surface area contributed by atoms with E-state index in [1.54, 1.807) is 0 Å². The van der Waals surface area contributed by atoms with Crippen molar-refractivity contribution in [2.75, 3.05) is 0 Å². The summed E-state index contributed by atoms with van der Waals surface area (Å²) in [5.74, 6) is 0. The smallest absolute Gasteiger partial charge is 0.0747 e. The molecule has 52 heavy (non-hydrogen) atoms. The molecule has 0 bridgehead atoms. The van der Waals surface area contributed by atoms with Crippen LogP contribution in [0.15, 0.2) is 194 Å². The van der Waals surface area contributed by atoms with Crippen molar-refractivity contribution in [2.45, 2.75) is 25.7 Å². The van der Waals surface area contributed by atoms with Crippen LogP contribution >= 0.6 is 0 Å². The number of nitrogens with zero attached hydrogens (tertiary/aromatic N) is 2. The first-order chi connectivity index (χ1) is 25.8. The predicted octanol–water partition coefficient (Wildman–Crippen LogP) is 13.0. The molecule has 8 aromatic rings. The normalized spacial score (nSPS) is 11.0. The second-order valence-electron chi connectivity index (χ2n) is 13.2. The molecule has 0 spiro atoms. The quantitative estimate of drug-likeness (QED) is 0.128. The van der Waals surface area contributed by atoms with Crippen molar-refractivity contribution in [1.29, 1.82) is 0 Å². The largest absolute Gasteiger partial charge is 0.247 e. The van der Waals surface area contributed by atoms with Crippen molar-refractivity contribution in [3.8, 4) is 67.3 Å². The Balaban J connectivity index is 1.19. The zero-order chi connectivity index (χ0) is 35.0. The van der Waals surface area contributed by atoms with Crippen LogP contribution in [0.25, 0.3) is 67.3 Å². The van der Waals surface area contributed by atoms with Crippen molar-refractivity contribution in [2.24, 2.45) is 0 Å². The topological polar surface area (TPSA) is 25.8 Å². The lowest BCUT2D eigenvalue weighted by Gasteiger charge is -2.19. The molecule has 0 aliphatic carbocycles. The summed E-state index contributed by atoms with van der Waals surface area (Å²) in [6, 6.07) is 68.6. The molecule has 0 radical (unpaired) electrons. The van der Waals surface area contributed by atoms with E-state index in [0.29, 0.717) is 0 Å². The number of aromatic nitrogens is 2. The first kappa shape index (κ1) is 32.8. The molecule has 0 saturated heterocycles. The van der Waals surface area contributed by atoms with E-state index in [1.165, 1.54) is 33.4 Å². The lowest BCUT2D eigenvalue weighted by molar-refractivity contribution is 0.734. The number of rotatable bonds is 11. The van der Waals surface area contributed by atoms with Gasteiger partial charge in [-0.1, -0.05) is 182 Å². The number of pyridine rings is 2. The molecule has 2 nitrogen and oxygen atoms in total. The van der Waals surface area contributed by atoms with Crippen LogP contribution in [-0.2, 0) is 12.8 Å². The maximum atomic E-state index is 5.37. The van der Waals surface area contributed by atoms with Crippen LogP contribution in [0.4, 0.5) is 0 Å². The van der Waals surface area contributed by atoms with Crippen LogP contribution in [0.2, 0.25) is 0 Å². The van der Waals surface area contributed by atoms with Crippen LogP contribution in [0.1, 0.15) is 24.0 Å². The molecule has 2 aromatic heterocycles. The predicted molar refractivity (Wildman–Crippen MR) is 218 cm³/mol. The molecule has 8 rings (SSSR count). The Morgan fingerprint density at radius 3 is 0.865 bits per heavy atom. The summed E-state index contributed by atoms with van der Waals surface area (Å²) in [7, 11) is 0. The Morgan fingerprint density at radius 2 is 0.558 bits per heavy atom. The molecule has 0 aliphatic heterocycles. The molecule has 2 heterocycles. The Hall–Kier alpha value is -6.38. The third kappa shape index (κ3) is 7.24. The maximum absolute atomic E-state index is 5.37. The van der Waals surface area contributed by atoms with Gasteiger partial charge in [-0.05, 0) is 71.2 Å². The fraction of sp³-hybridized carbons (Fsp3) is 0.0800. The van der Waals surface area contributed by atoms with Gasteiger partial charge in [-0.3, -0.25) is 0 Å². The van der Waals surface area contributed by atoms with Crippen molar-refractivity contribution < 1.29 is 0 Å². The number of benzene rings is 6. The molecule has 2 heteroatoms. The molecule has 6 aromatic carbocycles. The fourth-order valence-corrected chi connectivity index (χ4v) is 7.19. The highest BCUT2D eigenvalue weighted by atomic mass is 14.7. The summed E-state index contributed by atoms with van der Waals surface area (Å²) in [5.41, 5.74) is 16.1. The third-order valence-corrected chi connectivity index (χ3v) is 9.76. The van der Waals surface area contributed by atoms with Crippen LogP contribution in [0.5, 0.6) is 0 Å². The first-order valence-corrected chi connectivity index (χ1v) is 18.2. The Morgan fingerprint density at radius 1 is 0.288 bits per heavy atom. The van der Waals surface area contributed by atoms with Crippen LogP contribution in [0.3, 0.4) is 0 Å². The zero-order valence-electron chi connectivity index (χ0n) is 29.2. The molecular formula is C50H40N2. The summed E-state index contributed by atoms with van der Waals surface area (Å²) in [5, 5.41) is 0. The van der Waals surface area contributed by atoms with Crippen LogP contribution in [0, 0.1) is 0 Å². The third-order valence-electron chi connectivity index (χ3n) is 9.76. The minimum absolute atomic E-state index is 0.910. The second-order valence-corrected chi connectivity index (χ2v) is 13.2. The monoisotopic (exact) mass is 668 g/mol. The Kier molecular flexibility index (Phi) is 9.88. The lowest BCUT2D eigenvalue weighted by atomic mass is 9.88. The molecular weight excluding hydrogens is 629 g/mol. The van der Waals surface area contributed by atoms with Crippen molar-refractivity contribution in [3.05, 3.63) is 205 Å². The standard InChI is InChI=1S/C50H40N2/c1-7-21-37(22-8-1)45-35-47(39-25-11-3-12-26-39)51-49(41-29-15-5-16-30-41)43(45)33-19-20-34-44-46(38-23-9-2-10-24-38)36-48(40-27-13-4-14-28-40)52-50(44)42-31-17-6-18-32-42/h1-18,21-32,35-36H,19-20,33-34H2. The van der Waals surface area contributed by atoms with E-state index in [4.69, 9.17) is 9.97 Å². The molecule has 0 unspecified atom stereocenters. The van der Waals surface area contributed by atoms with E-state index in [-0.39, 0.29) is 0 Å². The molecule has 0 N–H and O–H groups in total. The molecule has 0 fully saturated rings. The number of hydrogen-bond acceptors (Lipinski definition) is 2. The van der Waals surface area contributed by atoms with Crippen molar-refractivity contribution in [3.63, 3.8) is 0 Å². The van der Waals surface area contributed by atoms with E-state index >= 15 is 0 Å². The van der Waals surface area contributed by atoms with Crippen LogP contribution in [-0.4, -0.2) is 9.97 Å². The lowest BCUT2D eigenvalue weighted by Crippen LogP contribution is -2.03. The molecule has 250 valence electrons. The van der Waals surface area contributed by atoms with E-state index in [9.17, 15) is 0 Å². The van der Waals surface area contributed by atoms with Gasteiger partial charge in [0.15, 0.2) is 0 Å². The zero-order valence-corrected chi connectivity index (χ0v) is 29.2. The SMILES string of the molecule is c1ccc(-c2cc(-c3ccccc3)c(CCCCc3c(-c4ccccc4)cc(-c4ccccc4)nc3-c3ccccc3)c(-c3ccccc3)n2)cc1. The number of unbranched alkanes of at least 4 members (excludes halogenated alkanes) is 1. The average molecular weight is 669 g/mol. The maximum Gasteiger partial charge on any atom is 0.0747 e. The summed E-state index contributed by atoms with van der Waals surface area (Å²) in [4.78, 5) is 10.7. The van der Waals surface area contributed by atoms with Gasteiger partial charge < -0.3 is 0 Å². The molecule has 0 saturated carbocycles. The van der Waals surface area contributed by atoms with Crippen molar-refractivity contribution in [1.82, 2.24) is 9.97 Å². The first-order valence-electron chi connectivity index (χ1n) is 18.2. The summed E-state index contributed by atoms with van der Waals surface area (Å²) < 4.78 is 0. The second kappa shape index (κ2) is 15.7. The Labute approximate surface area is 307 Å². The molecule has 0 amide bonds. The van der Waals surface area contributed by atoms with Gasteiger partial charge >= 0.3 is 0 Å². The van der Waals surface area contributed by atoms with Gasteiger partial charge in [-0.2, -0.15) is 0 Å². The minimum atomic E-state index is 0.910.